The zero-order valence-electron chi connectivity index (χ0n) is 14.4. The molecule has 2 aliphatic heterocycles. The zero-order valence-corrected chi connectivity index (χ0v) is 14.4. The number of likely N-dealkylation sites (tertiary alicyclic amines) is 2. The average molecular weight is 339 g/mol. The maximum absolute atomic E-state index is 12.6. The minimum absolute atomic E-state index is 0.0267. The van der Waals surface area contributed by atoms with Gasteiger partial charge in [0.25, 0.3) is 5.91 Å². The molecule has 6 heteroatoms. The molecule has 1 aromatic carbocycles. The van der Waals surface area contributed by atoms with Crippen LogP contribution in [0.25, 0.3) is 0 Å². The minimum Gasteiger partial charge on any atom is -0.364 e. The summed E-state index contributed by atoms with van der Waals surface area (Å²) in [7, 11) is 0. The lowest BCUT2D eigenvalue weighted by atomic mass is 9.87. The predicted octanol–water partition coefficient (Wildman–Crippen LogP) is 2.27. The highest BCUT2D eigenvalue weighted by Gasteiger charge is 2.49. The Kier molecular flexibility index (Phi) is 3.82. The largest absolute Gasteiger partial charge is 0.364 e. The van der Waals surface area contributed by atoms with Crippen molar-refractivity contribution < 1.29 is 14.1 Å². The van der Waals surface area contributed by atoms with Gasteiger partial charge in [-0.25, -0.2) is 0 Å². The number of carbonyl (C=O) groups is 2. The highest BCUT2D eigenvalue weighted by atomic mass is 16.5. The molecular weight excluding hydrogens is 318 g/mol. The number of fused-ring (bicyclic) bond motifs is 1. The van der Waals surface area contributed by atoms with Gasteiger partial charge in [-0.2, -0.15) is 0 Å². The van der Waals surface area contributed by atoms with Crippen LogP contribution in [-0.4, -0.2) is 46.4 Å². The molecule has 0 spiro atoms. The fraction of sp³-hybridized carbons (Fsp3) is 0.421. The van der Waals surface area contributed by atoms with E-state index in [1.807, 2.05) is 21.9 Å². The molecule has 4 rings (SSSR count). The third-order valence-corrected chi connectivity index (χ3v) is 5.52. The van der Waals surface area contributed by atoms with E-state index in [-0.39, 0.29) is 23.8 Å². The summed E-state index contributed by atoms with van der Waals surface area (Å²) in [6, 6.07) is 9.82. The first-order valence-corrected chi connectivity index (χ1v) is 8.58. The van der Waals surface area contributed by atoms with Crippen LogP contribution in [0.5, 0.6) is 0 Å². The Morgan fingerprint density at radius 3 is 2.64 bits per heavy atom. The van der Waals surface area contributed by atoms with Crippen molar-refractivity contribution in [3.8, 4) is 0 Å². The van der Waals surface area contributed by atoms with E-state index in [4.69, 9.17) is 4.52 Å². The molecule has 25 heavy (non-hydrogen) atoms. The van der Waals surface area contributed by atoms with Crippen LogP contribution in [0, 0.1) is 18.8 Å². The molecule has 0 bridgehead atoms. The molecule has 0 radical (unpaired) electrons. The van der Waals surface area contributed by atoms with Crippen molar-refractivity contribution in [3.05, 3.63) is 53.4 Å². The Morgan fingerprint density at radius 1 is 1.16 bits per heavy atom. The third kappa shape index (κ3) is 2.62. The second kappa shape index (κ2) is 6.02. The Morgan fingerprint density at radius 2 is 1.96 bits per heavy atom. The van der Waals surface area contributed by atoms with E-state index in [0.717, 1.165) is 0 Å². The van der Waals surface area contributed by atoms with E-state index in [1.54, 1.807) is 13.0 Å². The molecule has 130 valence electrons. The van der Waals surface area contributed by atoms with Gasteiger partial charge < -0.3 is 14.3 Å². The smallest absolute Gasteiger partial charge is 0.276 e. The van der Waals surface area contributed by atoms with Gasteiger partial charge in [0.05, 0.1) is 6.04 Å². The molecule has 2 saturated heterocycles. The summed E-state index contributed by atoms with van der Waals surface area (Å²) in [6.07, 6.45) is 1.41. The first-order valence-electron chi connectivity index (χ1n) is 8.58. The Balaban J connectivity index is 1.63. The predicted molar refractivity (Wildman–Crippen MR) is 90.7 cm³/mol. The summed E-state index contributed by atoms with van der Waals surface area (Å²) in [5.74, 6) is 0.545. The van der Waals surface area contributed by atoms with E-state index in [2.05, 4.69) is 24.2 Å². The van der Waals surface area contributed by atoms with E-state index in [0.29, 0.717) is 31.2 Å². The van der Waals surface area contributed by atoms with Gasteiger partial charge in [0, 0.05) is 44.5 Å². The number of aromatic nitrogens is 1. The van der Waals surface area contributed by atoms with Gasteiger partial charge in [0.15, 0.2) is 5.69 Å². The van der Waals surface area contributed by atoms with Gasteiger partial charge in [0.1, 0.15) is 6.26 Å². The number of nitrogens with zero attached hydrogens (tertiary/aromatic N) is 3. The van der Waals surface area contributed by atoms with Gasteiger partial charge in [-0.1, -0.05) is 29.4 Å². The lowest BCUT2D eigenvalue weighted by Gasteiger charge is -2.30. The monoisotopic (exact) mass is 339 g/mol. The number of hydrogen-bond acceptors (Lipinski definition) is 4. The first kappa shape index (κ1) is 15.9. The molecule has 3 heterocycles. The van der Waals surface area contributed by atoms with Crippen molar-refractivity contribution in [2.45, 2.75) is 19.9 Å². The summed E-state index contributed by atoms with van der Waals surface area (Å²) in [6.45, 7) is 5.70. The number of rotatable bonds is 2. The molecule has 2 fully saturated rings. The maximum atomic E-state index is 12.6. The van der Waals surface area contributed by atoms with Crippen molar-refractivity contribution in [1.82, 2.24) is 15.0 Å². The molecule has 6 nitrogen and oxygen atoms in total. The summed E-state index contributed by atoms with van der Waals surface area (Å²) < 4.78 is 4.79. The standard InChI is InChI=1S/C19H21N3O3/c1-12-5-3-4-6-15(12)18-16-11-21(19(24)17-7-8-25-20-17)9-14(16)10-22(18)13(2)23/h3-8,14,16,18H,9-11H2,1-2H3/t14-,16-,18+/m1/s1. The van der Waals surface area contributed by atoms with Crippen LogP contribution in [0.15, 0.2) is 41.1 Å². The van der Waals surface area contributed by atoms with Crippen LogP contribution in [-0.2, 0) is 4.79 Å². The lowest BCUT2D eigenvalue weighted by Crippen LogP contribution is -2.36. The van der Waals surface area contributed by atoms with E-state index < -0.39 is 0 Å². The fourth-order valence-corrected chi connectivity index (χ4v) is 4.34. The van der Waals surface area contributed by atoms with Crippen molar-refractivity contribution in [2.24, 2.45) is 11.8 Å². The van der Waals surface area contributed by atoms with Crippen LogP contribution < -0.4 is 0 Å². The molecule has 1 aromatic heterocycles. The number of benzene rings is 1. The van der Waals surface area contributed by atoms with Crippen molar-refractivity contribution in [2.75, 3.05) is 19.6 Å². The third-order valence-electron chi connectivity index (χ3n) is 5.52. The van der Waals surface area contributed by atoms with Crippen molar-refractivity contribution >= 4 is 11.8 Å². The van der Waals surface area contributed by atoms with E-state index >= 15 is 0 Å². The summed E-state index contributed by atoms with van der Waals surface area (Å²) in [5, 5.41) is 3.76. The van der Waals surface area contributed by atoms with Gasteiger partial charge in [-0.15, -0.1) is 0 Å². The molecule has 2 amide bonds. The van der Waals surface area contributed by atoms with Crippen molar-refractivity contribution in [3.63, 3.8) is 0 Å². The maximum Gasteiger partial charge on any atom is 0.276 e. The van der Waals surface area contributed by atoms with Gasteiger partial charge in [-0.3, -0.25) is 9.59 Å². The Hall–Kier alpha value is -2.63. The Labute approximate surface area is 146 Å². The molecule has 0 N–H and O–H groups in total. The van der Waals surface area contributed by atoms with Crippen LogP contribution in [0.1, 0.15) is 34.6 Å². The number of amides is 2. The SMILES string of the molecule is CC(=O)N1C[C@H]2CN(C(=O)c3ccon3)C[C@H]2[C@@H]1c1ccccc1C. The number of aryl methyl sites for hydroxylation is 1. The normalized spacial score (nSPS) is 25.3. The fourth-order valence-electron chi connectivity index (χ4n) is 4.34. The molecule has 0 aliphatic carbocycles. The summed E-state index contributed by atoms with van der Waals surface area (Å²) in [5.41, 5.74) is 2.71. The molecule has 0 saturated carbocycles. The molecule has 0 unspecified atom stereocenters. The highest BCUT2D eigenvalue weighted by Crippen LogP contribution is 2.45. The molecule has 3 atom stereocenters. The second-order valence-corrected chi connectivity index (χ2v) is 6.99. The van der Waals surface area contributed by atoms with E-state index in [1.165, 1.54) is 17.4 Å². The van der Waals surface area contributed by atoms with Crippen LogP contribution in [0.2, 0.25) is 0 Å². The zero-order chi connectivity index (χ0) is 17.6. The lowest BCUT2D eigenvalue weighted by molar-refractivity contribution is -0.130. The highest BCUT2D eigenvalue weighted by molar-refractivity contribution is 5.92. The van der Waals surface area contributed by atoms with Crippen LogP contribution in [0.3, 0.4) is 0 Å². The van der Waals surface area contributed by atoms with Crippen LogP contribution >= 0.6 is 0 Å². The molecule has 2 aliphatic rings. The van der Waals surface area contributed by atoms with Gasteiger partial charge >= 0.3 is 0 Å². The number of carbonyl (C=O) groups excluding carboxylic acids is 2. The quantitative estimate of drug-likeness (QED) is 0.842. The second-order valence-electron chi connectivity index (χ2n) is 6.99. The average Bonchev–Trinajstić information content (AvgIpc) is 3.30. The first-order chi connectivity index (χ1) is 12.1. The summed E-state index contributed by atoms with van der Waals surface area (Å²) >= 11 is 0. The minimum atomic E-state index is -0.0962. The van der Waals surface area contributed by atoms with Crippen LogP contribution in [0.4, 0.5) is 0 Å². The molecular formula is C19H21N3O3. The number of hydrogen-bond donors (Lipinski definition) is 0. The molecule has 2 aromatic rings. The van der Waals surface area contributed by atoms with Gasteiger partial charge in [-0.05, 0) is 18.1 Å². The van der Waals surface area contributed by atoms with Gasteiger partial charge in [0.2, 0.25) is 5.91 Å². The van der Waals surface area contributed by atoms with E-state index in [9.17, 15) is 9.59 Å². The van der Waals surface area contributed by atoms with Crippen molar-refractivity contribution in [1.29, 1.82) is 0 Å². The summed E-state index contributed by atoms with van der Waals surface area (Å²) in [4.78, 5) is 28.6. The Bertz CT molecular complexity index is 802. The topological polar surface area (TPSA) is 66.7 Å².